The number of hydrogen-bond donors (Lipinski definition) is 1. The van der Waals surface area contributed by atoms with Crippen molar-refractivity contribution in [1.82, 2.24) is 4.90 Å². The van der Waals surface area contributed by atoms with Crippen molar-refractivity contribution < 1.29 is 14.7 Å². The van der Waals surface area contributed by atoms with E-state index in [1.165, 1.54) is 11.3 Å². The molecule has 1 aromatic heterocycles. The SMILES string of the molecule is CC(C)CN1C(=O)c2ccccc2C(C(=O)O)C1c1cccs1. The lowest BCUT2D eigenvalue weighted by atomic mass is 9.82. The highest BCUT2D eigenvalue weighted by Crippen LogP contribution is 2.44. The average Bonchev–Trinajstić information content (AvgIpc) is 3.03. The maximum Gasteiger partial charge on any atom is 0.313 e. The van der Waals surface area contributed by atoms with Gasteiger partial charge >= 0.3 is 5.97 Å². The zero-order chi connectivity index (χ0) is 16.6. The highest BCUT2D eigenvalue weighted by atomic mass is 32.1. The van der Waals surface area contributed by atoms with E-state index >= 15 is 0 Å². The molecule has 1 aliphatic heterocycles. The zero-order valence-corrected chi connectivity index (χ0v) is 13.9. The van der Waals surface area contributed by atoms with Crippen molar-refractivity contribution >= 4 is 23.2 Å². The Bertz CT molecular complexity index is 724. The molecule has 4 nitrogen and oxygen atoms in total. The maximum absolute atomic E-state index is 13.0. The van der Waals surface area contributed by atoms with Gasteiger partial charge in [-0.05, 0) is 29.0 Å². The van der Waals surface area contributed by atoms with Gasteiger partial charge in [-0.2, -0.15) is 0 Å². The molecule has 0 radical (unpaired) electrons. The van der Waals surface area contributed by atoms with E-state index < -0.39 is 17.9 Å². The molecule has 23 heavy (non-hydrogen) atoms. The molecular formula is C18H19NO3S. The van der Waals surface area contributed by atoms with E-state index in [0.29, 0.717) is 17.7 Å². The molecular weight excluding hydrogens is 310 g/mol. The predicted octanol–water partition coefficient (Wildman–Crippen LogP) is 3.77. The molecule has 1 aromatic carbocycles. The van der Waals surface area contributed by atoms with E-state index in [1.807, 2.05) is 31.4 Å². The number of aliphatic carboxylic acids is 1. The predicted molar refractivity (Wildman–Crippen MR) is 89.8 cm³/mol. The van der Waals surface area contributed by atoms with Crippen LogP contribution in [-0.2, 0) is 4.79 Å². The van der Waals surface area contributed by atoms with Crippen molar-refractivity contribution in [1.29, 1.82) is 0 Å². The van der Waals surface area contributed by atoms with Crippen molar-refractivity contribution in [2.24, 2.45) is 5.92 Å². The molecule has 3 rings (SSSR count). The van der Waals surface area contributed by atoms with Crippen molar-refractivity contribution in [3.8, 4) is 0 Å². The topological polar surface area (TPSA) is 57.6 Å². The van der Waals surface area contributed by atoms with Gasteiger partial charge < -0.3 is 10.0 Å². The summed E-state index contributed by atoms with van der Waals surface area (Å²) in [6, 6.07) is 10.4. The molecule has 2 atom stereocenters. The average molecular weight is 329 g/mol. The van der Waals surface area contributed by atoms with Gasteiger partial charge in [0.25, 0.3) is 5.91 Å². The summed E-state index contributed by atoms with van der Waals surface area (Å²) in [7, 11) is 0. The minimum atomic E-state index is -0.892. The first-order chi connectivity index (χ1) is 11.0. The van der Waals surface area contributed by atoms with Crippen LogP contribution in [0.15, 0.2) is 41.8 Å². The number of fused-ring (bicyclic) bond motifs is 1. The van der Waals surface area contributed by atoms with Gasteiger partial charge in [0.2, 0.25) is 0 Å². The Hall–Kier alpha value is -2.14. The smallest absolute Gasteiger partial charge is 0.313 e. The third-order valence-corrected chi connectivity index (χ3v) is 5.04. The number of carbonyl (C=O) groups is 2. The van der Waals surface area contributed by atoms with Gasteiger partial charge in [0.05, 0.1) is 6.04 Å². The van der Waals surface area contributed by atoms with Gasteiger partial charge in [0.15, 0.2) is 0 Å². The Labute approximate surface area is 139 Å². The molecule has 2 aromatic rings. The van der Waals surface area contributed by atoms with Crippen molar-refractivity contribution in [2.75, 3.05) is 6.54 Å². The third kappa shape index (κ3) is 2.77. The summed E-state index contributed by atoms with van der Waals surface area (Å²) >= 11 is 1.50. The van der Waals surface area contributed by atoms with Gasteiger partial charge in [-0.3, -0.25) is 9.59 Å². The van der Waals surface area contributed by atoms with Crippen LogP contribution >= 0.6 is 11.3 Å². The van der Waals surface area contributed by atoms with E-state index in [2.05, 4.69) is 0 Å². The minimum absolute atomic E-state index is 0.0785. The molecule has 2 heterocycles. The van der Waals surface area contributed by atoms with E-state index in [0.717, 1.165) is 4.88 Å². The van der Waals surface area contributed by atoms with Crippen LogP contribution in [0.2, 0.25) is 0 Å². The lowest BCUT2D eigenvalue weighted by molar-refractivity contribution is -0.140. The fraction of sp³-hybridized carbons (Fsp3) is 0.333. The van der Waals surface area contributed by atoms with Crippen molar-refractivity contribution in [3.63, 3.8) is 0 Å². The summed E-state index contributed by atoms with van der Waals surface area (Å²) < 4.78 is 0. The molecule has 0 fully saturated rings. The first-order valence-electron chi connectivity index (χ1n) is 7.66. The largest absolute Gasteiger partial charge is 0.481 e. The van der Waals surface area contributed by atoms with Gasteiger partial charge in [-0.25, -0.2) is 0 Å². The molecule has 120 valence electrons. The highest BCUT2D eigenvalue weighted by molar-refractivity contribution is 7.10. The van der Waals surface area contributed by atoms with Crippen LogP contribution < -0.4 is 0 Å². The molecule has 0 saturated heterocycles. The first kappa shape index (κ1) is 15.7. The molecule has 1 amide bonds. The fourth-order valence-electron chi connectivity index (χ4n) is 3.23. The lowest BCUT2D eigenvalue weighted by Crippen LogP contribution is -2.46. The number of benzene rings is 1. The summed E-state index contributed by atoms with van der Waals surface area (Å²) in [4.78, 5) is 27.6. The molecule has 0 saturated carbocycles. The Morgan fingerprint density at radius 2 is 2.00 bits per heavy atom. The second-order valence-corrected chi connectivity index (χ2v) is 7.19. The first-order valence-corrected chi connectivity index (χ1v) is 8.54. The number of nitrogens with zero attached hydrogens (tertiary/aromatic N) is 1. The Balaban J connectivity index is 2.19. The minimum Gasteiger partial charge on any atom is -0.481 e. The molecule has 1 N–H and O–H groups in total. The normalized spacial score (nSPS) is 20.7. The molecule has 0 aliphatic carbocycles. The number of thiophene rings is 1. The van der Waals surface area contributed by atoms with Gasteiger partial charge in [-0.15, -0.1) is 11.3 Å². The number of amides is 1. The summed E-state index contributed by atoms with van der Waals surface area (Å²) in [6.45, 7) is 4.61. The molecule has 2 unspecified atom stereocenters. The van der Waals surface area contributed by atoms with Crippen molar-refractivity contribution in [3.05, 3.63) is 57.8 Å². The van der Waals surface area contributed by atoms with Crippen LogP contribution in [0.3, 0.4) is 0 Å². The molecule has 0 bridgehead atoms. The van der Waals surface area contributed by atoms with E-state index in [-0.39, 0.29) is 11.8 Å². The molecule has 0 spiro atoms. The van der Waals surface area contributed by atoms with E-state index in [4.69, 9.17) is 0 Å². The van der Waals surface area contributed by atoms with Crippen LogP contribution in [0.4, 0.5) is 0 Å². The monoisotopic (exact) mass is 329 g/mol. The van der Waals surface area contributed by atoms with Crippen LogP contribution in [0.1, 0.15) is 46.6 Å². The van der Waals surface area contributed by atoms with Crippen LogP contribution in [0.25, 0.3) is 0 Å². The lowest BCUT2D eigenvalue weighted by Gasteiger charge is -2.41. The number of carboxylic acids is 1. The number of carboxylic acid groups (broad SMARTS) is 1. The quantitative estimate of drug-likeness (QED) is 0.929. The summed E-state index contributed by atoms with van der Waals surface area (Å²) in [5.74, 6) is -1.44. The second kappa shape index (κ2) is 6.16. The van der Waals surface area contributed by atoms with Crippen LogP contribution in [0, 0.1) is 5.92 Å². The fourth-order valence-corrected chi connectivity index (χ4v) is 4.10. The third-order valence-electron chi connectivity index (χ3n) is 4.10. The summed E-state index contributed by atoms with van der Waals surface area (Å²) in [5.41, 5.74) is 1.12. The summed E-state index contributed by atoms with van der Waals surface area (Å²) in [5, 5.41) is 11.8. The second-order valence-electron chi connectivity index (χ2n) is 6.21. The van der Waals surface area contributed by atoms with Gasteiger partial charge in [0.1, 0.15) is 5.92 Å². The van der Waals surface area contributed by atoms with Crippen LogP contribution in [-0.4, -0.2) is 28.4 Å². The van der Waals surface area contributed by atoms with E-state index in [9.17, 15) is 14.7 Å². The molecule has 5 heteroatoms. The number of hydrogen-bond acceptors (Lipinski definition) is 3. The maximum atomic E-state index is 13.0. The number of rotatable bonds is 4. The highest BCUT2D eigenvalue weighted by Gasteiger charge is 2.44. The Kier molecular flexibility index (Phi) is 4.22. The van der Waals surface area contributed by atoms with Gasteiger partial charge in [0, 0.05) is 17.0 Å². The van der Waals surface area contributed by atoms with Crippen molar-refractivity contribution in [2.45, 2.75) is 25.8 Å². The van der Waals surface area contributed by atoms with E-state index in [1.54, 1.807) is 29.2 Å². The Morgan fingerprint density at radius 1 is 1.26 bits per heavy atom. The number of carbonyl (C=O) groups excluding carboxylic acids is 1. The molecule has 1 aliphatic rings. The van der Waals surface area contributed by atoms with Crippen LogP contribution in [0.5, 0.6) is 0 Å². The zero-order valence-electron chi connectivity index (χ0n) is 13.1. The Morgan fingerprint density at radius 3 is 2.61 bits per heavy atom. The summed E-state index contributed by atoms with van der Waals surface area (Å²) in [6.07, 6.45) is 0. The standard InChI is InChI=1S/C18H19NO3S/c1-11(2)10-19-16(14-8-5-9-23-14)15(18(21)22)12-6-3-4-7-13(12)17(19)20/h3-9,11,15-16H,10H2,1-2H3,(H,21,22). The van der Waals surface area contributed by atoms with Gasteiger partial charge in [-0.1, -0.05) is 38.1 Å².